The van der Waals surface area contributed by atoms with Crippen LogP contribution >= 0.6 is 11.6 Å². The summed E-state index contributed by atoms with van der Waals surface area (Å²) < 4.78 is 33.7. The van der Waals surface area contributed by atoms with Crippen molar-refractivity contribution >= 4 is 33.8 Å². The molecule has 0 amide bonds. The zero-order chi connectivity index (χ0) is 22.0. The fourth-order valence-electron chi connectivity index (χ4n) is 3.63. The summed E-state index contributed by atoms with van der Waals surface area (Å²) in [5.41, 5.74) is 2.91. The van der Waals surface area contributed by atoms with Gasteiger partial charge in [-0.25, -0.2) is 8.42 Å². The molecule has 0 radical (unpaired) electrons. The quantitative estimate of drug-likeness (QED) is 0.494. The second kappa shape index (κ2) is 9.01. The van der Waals surface area contributed by atoms with Crippen LogP contribution in [0, 0.1) is 0 Å². The molecule has 0 unspecified atom stereocenters. The Morgan fingerprint density at radius 3 is 2.26 bits per heavy atom. The minimum absolute atomic E-state index is 0.302. The number of hydrogen-bond donors (Lipinski definition) is 0. The van der Waals surface area contributed by atoms with Crippen molar-refractivity contribution in [3.8, 4) is 0 Å². The van der Waals surface area contributed by atoms with Gasteiger partial charge >= 0.3 is 0 Å². The van der Waals surface area contributed by atoms with Gasteiger partial charge in [-0.05, 0) is 55.6 Å². The third-order valence-corrected chi connectivity index (χ3v) is 7.32. The summed E-state index contributed by atoms with van der Waals surface area (Å²) in [5, 5.41) is 0.695. The van der Waals surface area contributed by atoms with Crippen LogP contribution in [0.25, 0.3) is 12.2 Å². The standard InChI is InChI=1S/C24H25ClN2O3S/c1-26(2)17-22-15-20-16-27(14-13-24(20)30-22)31(28,29)23-11-7-19(8-12-23)4-3-18-5-9-21(25)10-6-18/h3-12,15H,13-14,16-17H2,1-2H3/b4-3-. The Morgan fingerprint density at radius 2 is 1.65 bits per heavy atom. The predicted octanol–water partition coefficient (Wildman–Crippen LogP) is 4.91. The third-order valence-electron chi connectivity index (χ3n) is 5.21. The Bertz CT molecular complexity index is 1180. The molecule has 4 rings (SSSR count). The molecule has 3 aromatic rings. The van der Waals surface area contributed by atoms with Crippen LogP contribution in [0.15, 0.2) is 63.9 Å². The van der Waals surface area contributed by atoms with Crippen LogP contribution in [-0.2, 0) is 29.5 Å². The van der Waals surface area contributed by atoms with Crippen molar-refractivity contribution in [2.75, 3.05) is 20.6 Å². The van der Waals surface area contributed by atoms with E-state index in [1.807, 2.05) is 73.6 Å². The monoisotopic (exact) mass is 456 g/mol. The van der Waals surface area contributed by atoms with Crippen LogP contribution in [0.4, 0.5) is 0 Å². The van der Waals surface area contributed by atoms with Gasteiger partial charge in [0.15, 0.2) is 0 Å². The molecule has 2 heterocycles. The minimum Gasteiger partial charge on any atom is -0.464 e. The molecule has 0 N–H and O–H groups in total. The average molecular weight is 457 g/mol. The SMILES string of the molecule is CN(C)Cc1cc2c(o1)CCN(S(=O)(=O)c1ccc(/C=C\c3ccc(Cl)cc3)cc1)C2. The second-order valence-corrected chi connectivity index (χ2v) is 10.3. The maximum absolute atomic E-state index is 13.2. The third kappa shape index (κ3) is 5.10. The molecule has 2 aromatic carbocycles. The number of furan rings is 1. The smallest absolute Gasteiger partial charge is 0.243 e. The first-order valence-corrected chi connectivity index (χ1v) is 11.9. The molecule has 1 aliphatic heterocycles. The molecule has 1 aromatic heterocycles. The zero-order valence-electron chi connectivity index (χ0n) is 17.6. The summed E-state index contributed by atoms with van der Waals surface area (Å²) in [6, 6.07) is 16.5. The van der Waals surface area contributed by atoms with Crippen LogP contribution in [0.5, 0.6) is 0 Å². The van der Waals surface area contributed by atoms with Crippen LogP contribution in [0.1, 0.15) is 28.2 Å². The molecule has 1 aliphatic rings. The molecule has 7 heteroatoms. The van der Waals surface area contributed by atoms with Crippen molar-refractivity contribution in [3.05, 3.63) is 87.8 Å². The van der Waals surface area contributed by atoms with Crippen LogP contribution in [0.2, 0.25) is 5.02 Å². The predicted molar refractivity (Wildman–Crippen MR) is 124 cm³/mol. The number of nitrogens with zero attached hydrogens (tertiary/aromatic N) is 2. The summed E-state index contributed by atoms with van der Waals surface area (Å²) in [5.74, 6) is 1.76. The molecular formula is C24H25ClN2O3S. The fraction of sp³-hybridized carbons (Fsp3) is 0.250. The van der Waals surface area contributed by atoms with Crippen molar-refractivity contribution < 1.29 is 12.8 Å². The number of benzene rings is 2. The Morgan fingerprint density at radius 1 is 1.03 bits per heavy atom. The normalized spacial score (nSPS) is 15.0. The van der Waals surface area contributed by atoms with E-state index in [1.165, 1.54) is 4.31 Å². The number of fused-ring (bicyclic) bond motifs is 1. The number of hydrogen-bond acceptors (Lipinski definition) is 4. The van der Waals surface area contributed by atoms with Crippen molar-refractivity contribution in [1.82, 2.24) is 9.21 Å². The average Bonchev–Trinajstić information content (AvgIpc) is 3.14. The largest absolute Gasteiger partial charge is 0.464 e. The summed E-state index contributed by atoms with van der Waals surface area (Å²) in [6.45, 7) is 1.46. The van der Waals surface area contributed by atoms with E-state index in [0.717, 1.165) is 28.2 Å². The van der Waals surface area contributed by atoms with E-state index in [4.69, 9.17) is 16.0 Å². The molecule has 31 heavy (non-hydrogen) atoms. The number of sulfonamides is 1. The van der Waals surface area contributed by atoms with Gasteiger partial charge < -0.3 is 9.32 Å². The maximum Gasteiger partial charge on any atom is 0.243 e. The Balaban J connectivity index is 1.47. The summed E-state index contributed by atoms with van der Waals surface area (Å²) in [7, 11) is 0.393. The summed E-state index contributed by atoms with van der Waals surface area (Å²) in [4.78, 5) is 2.33. The van der Waals surface area contributed by atoms with Crippen molar-refractivity contribution in [3.63, 3.8) is 0 Å². The highest BCUT2D eigenvalue weighted by atomic mass is 35.5. The molecular weight excluding hydrogens is 432 g/mol. The van der Waals surface area contributed by atoms with Gasteiger partial charge in [-0.15, -0.1) is 0 Å². The van der Waals surface area contributed by atoms with E-state index >= 15 is 0 Å². The van der Waals surface area contributed by atoms with Gasteiger partial charge in [-0.2, -0.15) is 4.31 Å². The highest BCUT2D eigenvalue weighted by Gasteiger charge is 2.30. The molecule has 0 aliphatic carbocycles. The van der Waals surface area contributed by atoms with Gasteiger partial charge in [0, 0.05) is 30.1 Å². The van der Waals surface area contributed by atoms with E-state index < -0.39 is 10.0 Å². The van der Waals surface area contributed by atoms with Crippen molar-refractivity contribution in [2.45, 2.75) is 24.4 Å². The van der Waals surface area contributed by atoms with E-state index in [2.05, 4.69) is 0 Å². The fourth-order valence-corrected chi connectivity index (χ4v) is 5.17. The van der Waals surface area contributed by atoms with E-state index in [-0.39, 0.29) is 0 Å². The first kappa shape index (κ1) is 21.8. The maximum atomic E-state index is 13.2. The van der Waals surface area contributed by atoms with Crippen molar-refractivity contribution in [1.29, 1.82) is 0 Å². The number of halogens is 1. The van der Waals surface area contributed by atoms with Crippen LogP contribution < -0.4 is 0 Å². The Kier molecular flexibility index (Phi) is 6.34. The number of rotatable bonds is 6. The van der Waals surface area contributed by atoms with E-state index in [9.17, 15) is 8.42 Å². The van der Waals surface area contributed by atoms with Crippen LogP contribution in [-0.4, -0.2) is 38.3 Å². The van der Waals surface area contributed by atoms with Crippen molar-refractivity contribution in [2.24, 2.45) is 0 Å². The molecule has 162 valence electrons. The second-order valence-electron chi connectivity index (χ2n) is 7.94. The highest BCUT2D eigenvalue weighted by molar-refractivity contribution is 7.89. The lowest BCUT2D eigenvalue weighted by molar-refractivity contribution is 0.325. The molecule has 0 saturated carbocycles. The first-order chi connectivity index (χ1) is 14.8. The summed E-state index contributed by atoms with van der Waals surface area (Å²) in [6.07, 6.45) is 4.50. The van der Waals surface area contributed by atoms with Gasteiger partial charge in [-0.1, -0.05) is 48.0 Å². The molecule has 0 saturated heterocycles. The molecule has 0 spiro atoms. The van der Waals surface area contributed by atoms with Gasteiger partial charge in [-0.3, -0.25) is 0 Å². The van der Waals surface area contributed by atoms with E-state index in [1.54, 1.807) is 12.1 Å². The highest BCUT2D eigenvalue weighted by Crippen LogP contribution is 2.28. The lowest BCUT2D eigenvalue weighted by atomic mass is 10.1. The molecule has 0 atom stereocenters. The van der Waals surface area contributed by atoms with E-state index in [0.29, 0.717) is 36.0 Å². The Labute approximate surface area is 188 Å². The van der Waals surface area contributed by atoms with Gasteiger partial charge in [0.25, 0.3) is 0 Å². The topological polar surface area (TPSA) is 53.8 Å². The Hall–Kier alpha value is -2.38. The first-order valence-electron chi connectivity index (χ1n) is 10.1. The summed E-state index contributed by atoms with van der Waals surface area (Å²) >= 11 is 5.91. The van der Waals surface area contributed by atoms with Crippen LogP contribution in [0.3, 0.4) is 0 Å². The van der Waals surface area contributed by atoms with Gasteiger partial charge in [0.1, 0.15) is 11.5 Å². The lowest BCUT2D eigenvalue weighted by Gasteiger charge is -2.25. The molecule has 5 nitrogen and oxygen atoms in total. The molecule has 0 fully saturated rings. The molecule has 0 bridgehead atoms. The zero-order valence-corrected chi connectivity index (χ0v) is 19.2. The lowest BCUT2D eigenvalue weighted by Crippen LogP contribution is -2.35. The van der Waals surface area contributed by atoms with Gasteiger partial charge in [0.05, 0.1) is 11.4 Å². The minimum atomic E-state index is -3.56. The van der Waals surface area contributed by atoms with Gasteiger partial charge in [0.2, 0.25) is 10.0 Å².